The Morgan fingerprint density at radius 1 is 0.652 bits per heavy atom. The van der Waals surface area contributed by atoms with Crippen LogP contribution in [-0.4, -0.2) is 35.0 Å². The molecule has 0 atom stereocenters. The van der Waals surface area contributed by atoms with Gasteiger partial charge in [-0.05, 0) is 64.4 Å². The van der Waals surface area contributed by atoms with Gasteiger partial charge in [0.15, 0.2) is 0 Å². The van der Waals surface area contributed by atoms with Crippen LogP contribution < -0.4 is 0 Å². The molecule has 2 saturated carbocycles. The maximum Gasteiger partial charge on any atom is 0.103 e. The first-order chi connectivity index (χ1) is 11.3. The summed E-state index contributed by atoms with van der Waals surface area (Å²) in [7, 11) is 0. The minimum atomic E-state index is 0.818. The first-order valence-corrected chi connectivity index (χ1v) is 10.5. The van der Waals surface area contributed by atoms with Gasteiger partial charge in [0.1, 0.15) is 5.82 Å². The van der Waals surface area contributed by atoms with Crippen molar-refractivity contribution in [1.82, 2.24) is 9.80 Å². The molecular formula is C21H38N2. The highest BCUT2D eigenvalue weighted by Gasteiger charge is 2.33. The lowest BCUT2D eigenvalue weighted by Gasteiger charge is -2.49. The second-order valence-electron chi connectivity index (χ2n) is 8.36. The molecule has 2 nitrogen and oxygen atoms in total. The van der Waals surface area contributed by atoms with E-state index in [2.05, 4.69) is 23.6 Å². The molecule has 2 heteroatoms. The second kappa shape index (κ2) is 8.44. The van der Waals surface area contributed by atoms with E-state index in [1.165, 1.54) is 96.6 Å². The molecular weight excluding hydrogens is 280 g/mol. The van der Waals surface area contributed by atoms with Crippen molar-refractivity contribution < 1.29 is 0 Å². The van der Waals surface area contributed by atoms with Crippen LogP contribution >= 0.6 is 0 Å². The van der Waals surface area contributed by atoms with E-state index in [1.807, 2.05) is 0 Å². The van der Waals surface area contributed by atoms with E-state index in [4.69, 9.17) is 0 Å². The molecule has 3 fully saturated rings. The van der Waals surface area contributed by atoms with E-state index in [-0.39, 0.29) is 0 Å². The number of piperidine rings is 1. The van der Waals surface area contributed by atoms with Gasteiger partial charge in [-0.2, -0.15) is 0 Å². The van der Waals surface area contributed by atoms with Gasteiger partial charge in [-0.15, -0.1) is 0 Å². The molecule has 0 aromatic heterocycles. The van der Waals surface area contributed by atoms with E-state index in [1.54, 1.807) is 11.4 Å². The molecule has 0 N–H and O–H groups in total. The highest BCUT2D eigenvalue weighted by molar-refractivity contribution is 5.12. The summed E-state index contributed by atoms with van der Waals surface area (Å²) >= 11 is 0. The summed E-state index contributed by atoms with van der Waals surface area (Å²) in [4.78, 5) is 5.71. The van der Waals surface area contributed by atoms with Crippen molar-refractivity contribution in [3.63, 3.8) is 0 Å². The van der Waals surface area contributed by atoms with E-state index in [9.17, 15) is 0 Å². The highest BCUT2D eigenvalue weighted by atomic mass is 15.4. The predicted molar refractivity (Wildman–Crippen MR) is 99.4 cm³/mol. The van der Waals surface area contributed by atoms with Crippen LogP contribution in [-0.2, 0) is 0 Å². The smallest absolute Gasteiger partial charge is 0.103 e. The van der Waals surface area contributed by atoms with Crippen LogP contribution in [0.2, 0.25) is 0 Å². The minimum absolute atomic E-state index is 0.818. The van der Waals surface area contributed by atoms with Crippen molar-refractivity contribution in [3.8, 4) is 0 Å². The molecule has 0 aromatic rings. The monoisotopic (exact) mass is 318 g/mol. The number of nitrogens with zero attached hydrogens (tertiary/aromatic N) is 2. The van der Waals surface area contributed by atoms with Gasteiger partial charge >= 0.3 is 0 Å². The fourth-order valence-electron chi connectivity index (χ4n) is 5.21. The van der Waals surface area contributed by atoms with Gasteiger partial charge in [0.2, 0.25) is 0 Å². The Balaban J connectivity index is 1.85. The Labute approximate surface area is 144 Å². The third kappa shape index (κ3) is 4.25. The number of allylic oxidation sites excluding steroid dienone is 1. The highest BCUT2D eigenvalue weighted by Crippen LogP contribution is 2.35. The Bertz CT molecular complexity index is 361. The molecule has 23 heavy (non-hydrogen) atoms. The summed E-state index contributed by atoms with van der Waals surface area (Å²) in [6.45, 7) is 7.30. The zero-order chi connectivity index (χ0) is 16.1. The summed E-state index contributed by atoms with van der Waals surface area (Å²) in [6, 6.07) is 1.64. The quantitative estimate of drug-likeness (QED) is 0.657. The average Bonchev–Trinajstić information content (AvgIpc) is 2.61. The maximum absolute atomic E-state index is 2.96. The Morgan fingerprint density at radius 3 is 1.52 bits per heavy atom. The average molecular weight is 319 g/mol. The first-order valence-electron chi connectivity index (χ1n) is 10.5. The molecule has 0 radical (unpaired) electrons. The van der Waals surface area contributed by atoms with Crippen LogP contribution in [0.25, 0.3) is 0 Å². The first kappa shape index (κ1) is 17.2. The molecule has 3 aliphatic rings. The van der Waals surface area contributed by atoms with E-state index < -0.39 is 0 Å². The van der Waals surface area contributed by atoms with E-state index in [0.29, 0.717) is 0 Å². The van der Waals surface area contributed by atoms with Gasteiger partial charge < -0.3 is 9.80 Å². The second-order valence-corrected chi connectivity index (χ2v) is 8.36. The van der Waals surface area contributed by atoms with Crippen molar-refractivity contribution in [2.24, 2.45) is 0 Å². The maximum atomic E-state index is 2.96. The van der Waals surface area contributed by atoms with Gasteiger partial charge in [0, 0.05) is 25.2 Å². The largest absolute Gasteiger partial charge is 0.358 e. The topological polar surface area (TPSA) is 6.48 Å². The van der Waals surface area contributed by atoms with Crippen molar-refractivity contribution in [3.05, 3.63) is 11.4 Å². The van der Waals surface area contributed by atoms with Crippen LogP contribution in [0.15, 0.2) is 11.4 Å². The Kier molecular flexibility index (Phi) is 6.30. The lowest BCUT2D eigenvalue weighted by Crippen LogP contribution is -2.50. The number of rotatable bonds is 4. The van der Waals surface area contributed by atoms with Gasteiger partial charge in [-0.1, -0.05) is 38.5 Å². The van der Waals surface area contributed by atoms with Crippen molar-refractivity contribution in [1.29, 1.82) is 0 Å². The van der Waals surface area contributed by atoms with Crippen LogP contribution in [0.1, 0.15) is 97.3 Å². The van der Waals surface area contributed by atoms with Crippen LogP contribution in [0.5, 0.6) is 0 Å². The van der Waals surface area contributed by atoms with Gasteiger partial charge in [-0.25, -0.2) is 0 Å². The fourth-order valence-corrected chi connectivity index (χ4v) is 5.21. The number of hydrogen-bond acceptors (Lipinski definition) is 2. The normalized spacial score (nSPS) is 24.5. The molecule has 0 unspecified atom stereocenters. The van der Waals surface area contributed by atoms with Crippen molar-refractivity contribution >= 4 is 0 Å². The summed E-state index contributed by atoms with van der Waals surface area (Å²) < 4.78 is 0. The molecule has 3 rings (SSSR count). The summed E-state index contributed by atoms with van der Waals surface area (Å²) in [5.41, 5.74) is 1.56. The molecule has 1 saturated heterocycles. The molecule has 0 spiro atoms. The Morgan fingerprint density at radius 2 is 1.09 bits per heavy atom. The van der Waals surface area contributed by atoms with E-state index in [0.717, 1.165) is 12.1 Å². The minimum Gasteiger partial charge on any atom is -0.358 e. The molecule has 1 aliphatic heterocycles. The number of likely N-dealkylation sites (tertiary alicyclic amines) is 1. The summed E-state index contributed by atoms with van der Waals surface area (Å²) in [6.07, 6.45) is 18.7. The van der Waals surface area contributed by atoms with E-state index >= 15 is 0 Å². The zero-order valence-corrected chi connectivity index (χ0v) is 15.7. The molecule has 1 heterocycles. The lowest BCUT2D eigenvalue weighted by atomic mass is 9.88. The SMILES string of the molecule is CC(C)=C(N1CCCCC1)N(C1CCCCC1)C1CCCCC1. The lowest BCUT2D eigenvalue weighted by molar-refractivity contribution is 0.0671. The van der Waals surface area contributed by atoms with Crippen LogP contribution in [0.3, 0.4) is 0 Å². The standard InChI is InChI=1S/C21H38N2/c1-18(2)21(22-16-10-5-11-17-22)23(19-12-6-3-7-13-19)20-14-8-4-9-15-20/h19-20H,3-17H2,1-2H3. The van der Waals surface area contributed by atoms with Gasteiger partial charge in [0.05, 0.1) is 0 Å². The summed E-state index contributed by atoms with van der Waals surface area (Å²) in [5.74, 6) is 1.64. The van der Waals surface area contributed by atoms with Gasteiger partial charge in [-0.3, -0.25) is 0 Å². The predicted octanol–water partition coefficient (Wildman–Crippen LogP) is 5.69. The molecule has 0 aromatic carbocycles. The third-order valence-corrected chi connectivity index (χ3v) is 6.28. The molecule has 132 valence electrons. The van der Waals surface area contributed by atoms with Crippen LogP contribution in [0.4, 0.5) is 0 Å². The molecule has 2 aliphatic carbocycles. The van der Waals surface area contributed by atoms with Crippen molar-refractivity contribution in [2.45, 2.75) is 109 Å². The third-order valence-electron chi connectivity index (χ3n) is 6.28. The number of hydrogen-bond donors (Lipinski definition) is 0. The van der Waals surface area contributed by atoms with Crippen molar-refractivity contribution in [2.75, 3.05) is 13.1 Å². The zero-order valence-electron chi connectivity index (χ0n) is 15.7. The Hall–Kier alpha value is -0.660. The van der Waals surface area contributed by atoms with Crippen LogP contribution in [0, 0.1) is 0 Å². The summed E-state index contributed by atoms with van der Waals surface area (Å²) in [5, 5.41) is 0. The fraction of sp³-hybridized carbons (Fsp3) is 0.905. The van der Waals surface area contributed by atoms with Gasteiger partial charge in [0.25, 0.3) is 0 Å². The molecule has 0 amide bonds. The molecule has 0 bridgehead atoms.